The third-order valence-corrected chi connectivity index (χ3v) is 3.80. The van der Waals surface area contributed by atoms with Gasteiger partial charge in [-0.05, 0) is 36.7 Å². The molecular formula is C16H27NO. The molecule has 0 unspecified atom stereocenters. The summed E-state index contributed by atoms with van der Waals surface area (Å²) in [4.78, 5) is 4.26. The van der Waals surface area contributed by atoms with Gasteiger partial charge in [-0.15, -0.1) is 0 Å². The number of ether oxygens (including phenoxy) is 1. The molecule has 0 radical (unpaired) electrons. The summed E-state index contributed by atoms with van der Waals surface area (Å²) in [5, 5.41) is 0. The van der Waals surface area contributed by atoms with E-state index in [4.69, 9.17) is 4.74 Å². The Balaban J connectivity index is 0.000000771. The van der Waals surface area contributed by atoms with Crippen LogP contribution in [0.15, 0.2) is 18.3 Å². The summed E-state index contributed by atoms with van der Waals surface area (Å²) < 4.78 is 5.77. The molecule has 1 aromatic rings. The lowest BCUT2D eigenvalue weighted by atomic mass is 9.82. The first-order valence-electron chi connectivity index (χ1n) is 7.13. The molecule has 1 fully saturated rings. The van der Waals surface area contributed by atoms with Crippen molar-refractivity contribution in [2.45, 2.75) is 53.9 Å². The molecule has 1 aliphatic carbocycles. The molecule has 2 nitrogen and oxygen atoms in total. The number of aryl methyl sites for hydroxylation is 1. The highest BCUT2D eigenvalue weighted by Gasteiger charge is 2.34. The zero-order valence-corrected chi connectivity index (χ0v) is 12.5. The summed E-state index contributed by atoms with van der Waals surface area (Å²) in [7, 11) is 0. The summed E-state index contributed by atoms with van der Waals surface area (Å²) in [5.41, 5.74) is 1.61. The number of hydrogen-bond acceptors (Lipinski definition) is 2. The van der Waals surface area contributed by atoms with E-state index in [0.29, 0.717) is 11.3 Å². The first kappa shape index (κ1) is 15.0. The van der Waals surface area contributed by atoms with E-state index in [-0.39, 0.29) is 0 Å². The van der Waals surface area contributed by atoms with E-state index in [1.165, 1.54) is 24.8 Å². The van der Waals surface area contributed by atoms with Crippen molar-refractivity contribution < 1.29 is 4.74 Å². The predicted molar refractivity (Wildman–Crippen MR) is 76.9 cm³/mol. The van der Waals surface area contributed by atoms with Crippen LogP contribution in [0.4, 0.5) is 0 Å². The molecule has 0 saturated heterocycles. The molecule has 0 amide bonds. The normalized spacial score (nSPS) is 21.1. The van der Waals surface area contributed by atoms with Crippen LogP contribution in [0.3, 0.4) is 0 Å². The third kappa shape index (κ3) is 4.01. The van der Waals surface area contributed by atoms with Gasteiger partial charge in [0.2, 0.25) is 5.88 Å². The number of aromatic nitrogens is 1. The van der Waals surface area contributed by atoms with E-state index >= 15 is 0 Å². The average Bonchev–Trinajstić information content (AvgIpc) is 2.70. The lowest BCUT2D eigenvalue weighted by Gasteiger charge is -2.26. The fourth-order valence-corrected chi connectivity index (χ4v) is 2.43. The molecule has 0 spiro atoms. The van der Waals surface area contributed by atoms with E-state index in [9.17, 15) is 0 Å². The minimum Gasteiger partial charge on any atom is -0.477 e. The van der Waals surface area contributed by atoms with Gasteiger partial charge in [-0.1, -0.05) is 40.2 Å². The molecule has 1 heterocycles. The smallest absolute Gasteiger partial charge is 0.213 e. The predicted octanol–water partition coefficient (Wildman–Crippen LogP) is 4.62. The van der Waals surface area contributed by atoms with Crippen molar-refractivity contribution >= 4 is 0 Å². The molecule has 1 atom stereocenters. The van der Waals surface area contributed by atoms with Crippen molar-refractivity contribution in [2.24, 2.45) is 11.3 Å². The van der Waals surface area contributed by atoms with Crippen molar-refractivity contribution in [1.82, 2.24) is 4.98 Å². The fraction of sp³-hybridized carbons (Fsp3) is 0.688. The minimum atomic E-state index is 0.435. The van der Waals surface area contributed by atoms with E-state index in [2.05, 4.69) is 18.8 Å². The van der Waals surface area contributed by atoms with Crippen molar-refractivity contribution in [2.75, 3.05) is 6.61 Å². The SMILES string of the molecule is CC.Cc1ccc(OC[C@H]2CCCC2(C)C)nc1. The Morgan fingerprint density at radius 1 is 1.33 bits per heavy atom. The van der Waals surface area contributed by atoms with Crippen LogP contribution in [-0.4, -0.2) is 11.6 Å². The summed E-state index contributed by atoms with van der Waals surface area (Å²) in [5.74, 6) is 1.43. The molecular weight excluding hydrogens is 222 g/mol. The summed E-state index contributed by atoms with van der Waals surface area (Å²) in [6, 6.07) is 4.00. The molecule has 102 valence electrons. The van der Waals surface area contributed by atoms with Crippen LogP contribution in [0.2, 0.25) is 0 Å². The Hall–Kier alpha value is -1.05. The molecule has 0 bridgehead atoms. The van der Waals surface area contributed by atoms with Gasteiger partial charge in [0.05, 0.1) is 6.61 Å². The number of rotatable bonds is 3. The fourth-order valence-electron chi connectivity index (χ4n) is 2.43. The maximum Gasteiger partial charge on any atom is 0.213 e. The largest absolute Gasteiger partial charge is 0.477 e. The van der Waals surface area contributed by atoms with E-state index in [1.807, 2.05) is 39.1 Å². The van der Waals surface area contributed by atoms with Crippen LogP contribution < -0.4 is 4.74 Å². The summed E-state index contributed by atoms with van der Waals surface area (Å²) >= 11 is 0. The summed E-state index contributed by atoms with van der Waals surface area (Å²) in [6.45, 7) is 11.5. The average molecular weight is 249 g/mol. The first-order valence-corrected chi connectivity index (χ1v) is 7.13. The Bertz CT molecular complexity index is 343. The first-order chi connectivity index (χ1) is 8.58. The highest BCUT2D eigenvalue weighted by Crippen LogP contribution is 2.42. The summed E-state index contributed by atoms with van der Waals surface area (Å²) in [6.07, 6.45) is 5.80. The molecule has 0 aliphatic heterocycles. The maximum absolute atomic E-state index is 5.77. The molecule has 0 N–H and O–H groups in total. The Morgan fingerprint density at radius 3 is 2.56 bits per heavy atom. The Kier molecular flexibility index (Phi) is 5.64. The lowest BCUT2D eigenvalue weighted by Crippen LogP contribution is -2.23. The molecule has 1 aromatic heterocycles. The molecule has 1 aliphatic rings. The quantitative estimate of drug-likeness (QED) is 0.779. The molecule has 18 heavy (non-hydrogen) atoms. The van der Waals surface area contributed by atoms with Gasteiger partial charge in [0.1, 0.15) is 0 Å². The highest BCUT2D eigenvalue weighted by molar-refractivity contribution is 5.16. The zero-order valence-electron chi connectivity index (χ0n) is 12.5. The number of pyridine rings is 1. The van der Waals surface area contributed by atoms with Gasteiger partial charge in [-0.3, -0.25) is 0 Å². The van der Waals surface area contributed by atoms with Crippen molar-refractivity contribution in [3.63, 3.8) is 0 Å². The van der Waals surface area contributed by atoms with Crippen LogP contribution in [0.1, 0.15) is 52.5 Å². The van der Waals surface area contributed by atoms with Crippen LogP contribution in [0.25, 0.3) is 0 Å². The lowest BCUT2D eigenvalue weighted by molar-refractivity contribution is 0.157. The second-order valence-corrected chi connectivity index (χ2v) is 5.56. The zero-order chi connectivity index (χ0) is 13.6. The van der Waals surface area contributed by atoms with Gasteiger partial charge in [0.15, 0.2) is 0 Å². The van der Waals surface area contributed by atoms with Crippen molar-refractivity contribution in [3.8, 4) is 5.88 Å². The second kappa shape index (κ2) is 6.77. The number of hydrogen-bond donors (Lipinski definition) is 0. The van der Waals surface area contributed by atoms with Crippen LogP contribution in [0, 0.1) is 18.3 Å². The Labute approximate surface area is 112 Å². The molecule has 2 heteroatoms. The molecule has 2 rings (SSSR count). The monoisotopic (exact) mass is 249 g/mol. The molecule has 0 aromatic carbocycles. The number of nitrogens with zero attached hydrogens (tertiary/aromatic N) is 1. The van der Waals surface area contributed by atoms with Crippen molar-refractivity contribution in [1.29, 1.82) is 0 Å². The van der Waals surface area contributed by atoms with Gasteiger partial charge in [-0.25, -0.2) is 4.98 Å². The van der Waals surface area contributed by atoms with Crippen molar-refractivity contribution in [3.05, 3.63) is 23.9 Å². The van der Waals surface area contributed by atoms with Gasteiger partial charge in [-0.2, -0.15) is 0 Å². The minimum absolute atomic E-state index is 0.435. The van der Waals surface area contributed by atoms with Crippen LogP contribution in [0.5, 0.6) is 5.88 Å². The maximum atomic E-state index is 5.77. The van der Waals surface area contributed by atoms with Gasteiger partial charge in [0, 0.05) is 12.3 Å². The van der Waals surface area contributed by atoms with Crippen LogP contribution >= 0.6 is 0 Å². The van der Waals surface area contributed by atoms with Gasteiger partial charge >= 0.3 is 0 Å². The highest BCUT2D eigenvalue weighted by atomic mass is 16.5. The van der Waals surface area contributed by atoms with Gasteiger partial charge < -0.3 is 4.74 Å². The van der Waals surface area contributed by atoms with Gasteiger partial charge in [0.25, 0.3) is 0 Å². The molecule has 1 saturated carbocycles. The van der Waals surface area contributed by atoms with E-state index in [1.54, 1.807) is 0 Å². The third-order valence-electron chi connectivity index (χ3n) is 3.80. The Morgan fingerprint density at radius 2 is 2.06 bits per heavy atom. The van der Waals surface area contributed by atoms with E-state index < -0.39 is 0 Å². The topological polar surface area (TPSA) is 22.1 Å². The standard InChI is InChI=1S/C14H21NO.C2H6/c1-11-6-7-13(15-9-11)16-10-12-5-4-8-14(12,2)3;1-2/h6-7,9,12H,4-5,8,10H2,1-3H3;1-2H3/t12-;/m1./s1. The second-order valence-electron chi connectivity index (χ2n) is 5.56. The van der Waals surface area contributed by atoms with Crippen LogP contribution in [-0.2, 0) is 0 Å². The van der Waals surface area contributed by atoms with E-state index in [0.717, 1.165) is 12.5 Å².